The topological polar surface area (TPSA) is 105 Å². The molecule has 0 aromatic heterocycles. The lowest BCUT2D eigenvalue weighted by molar-refractivity contribution is 0.224. The number of nitrogens with two attached hydrogens (primary N) is 2. The fourth-order valence-electron chi connectivity index (χ4n) is 5.62. The summed E-state index contributed by atoms with van der Waals surface area (Å²) in [7, 11) is 0. The van der Waals surface area contributed by atoms with Crippen LogP contribution in [0.1, 0.15) is 76.6 Å². The van der Waals surface area contributed by atoms with Crippen LogP contribution in [0.3, 0.4) is 0 Å². The lowest BCUT2D eigenvalue weighted by atomic mass is 9.72. The molecule has 36 heavy (non-hydrogen) atoms. The van der Waals surface area contributed by atoms with Crippen LogP contribution < -0.4 is 20.9 Å². The monoisotopic (exact) mass is 534 g/mol. The van der Waals surface area contributed by atoms with E-state index in [1.807, 2.05) is 38.1 Å². The first-order valence-electron chi connectivity index (χ1n) is 11.7. The molecule has 0 heterocycles. The first kappa shape index (κ1) is 29.8. The molecule has 0 saturated heterocycles. The van der Waals surface area contributed by atoms with Gasteiger partial charge < -0.3 is 20.9 Å². The maximum Gasteiger partial charge on any atom is 0.409 e. The van der Waals surface area contributed by atoms with Gasteiger partial charge in [-0.1, -0.05) is 45.4 Å². The Balaban J connectivity index is 0.000000583. The summed E-state index contributed by atoms with van der Waals surface area (Å²) in [6.45, 7) is 16.6. The van der Waals surface area contributed by atoms with Gasteiger partial charge in [-0.3, -0.25) is 0 Å². The Morgan fingerprint density at radius 1 is 0.806 bits per heavy atom. The normalized spacial score (nSPS) is 16.9. The van der Waals surface area contributed by atoms with Gasteiger partial charge >= 0.3 is 10.9 Å². The van der Waals surface area contributed by atoms with E-state index in [9.17, 15) is 9.59 Å². The Hall–Kier alpha value is -2.38. The summed E-state index contributed by atoms with van der Waals surface area (Å²) in [5.74, 6) is 0.853. The van der Waals surface area contributed by atoms with E-state index in [1.165, 1.54) is 16.7 Å². The molecule has 4 rings (SSSR count). The van der Waals surface area contributed by atoms with Crippen molar-refractivity contribution in [3.05, 3.63) is 70.8 Å². The highest BCUT2D eigenvalue weighted by atomic mass is 35.5. The summed E-state index contributed by atoms with van der Waals surface area (Å²) in [6, 6.07) is 11.5. The lowest BCUT2D eigenvalue weighted by Gasteiger charge is -2.30. The van der Waals surface area contributed by atoms with Crippen molar-refractivity contribution >= 4 is 34.1 Å². The smallest absolute Gasteiger partial charge is 0.409 e. The number of rotatable bonds is 2. The van der Waals surface area contributed by atoms with Gasteiger partial charge in [0, 0.05) is 35.3 Å². The number of fused-ring (bicyclic) bond motifs is 4. The zero-order chi connectivity index (χ0) is 27.5. The molecule has 0 unspecified atom stereocenters. The van der Waals surface area contributed by atoms with Gasteiger partial charge in [0.1, 0.15) is 11.5 Å². The van der Waals surface area contributed by atoms with Crippen LogP contribution in [-0.2, 0) is 16.2 Å². The summed E-state index contributed by atoms with van der Waals surface area (Å²) in [5.41, 5.74) is 12.9. The number of carbonyl (C=O) groups is 2. The Labute approximate surface area is 223 Å². The Kier molecular flexibility index (Phi) is 9.41. The van der Waals surface area contributed by atoms with E-state index in [2.05, 4.69) is 45.7 Å². The van der Waals surface area contributed by atoms with Gasteiger partial charge in [-0.05, 0) is 84.0 Å². The van der Waals surface area contributed by atoms with Crippen molar-refractivity contribution in [1.29, 1.82) is 0 Å². The molecule has 2 aliphatic rings. The first-order chi connectivity index (χ1) is 16.6. The van der Waals surface area contributed by atoms with Gasteiger partial charge in [0.25, 0.3) is 0 Å². The predicted molar refractivity (Wildman–Crippen MR) is 146 cm³/mol. The van der Waals surface area contributed by atoms with E-state index in [-0.39, 0.29) is 22.9 Å². The number of hydrogen-bond acceptors (Lipinski definition) is 6. The zero-order valence-electron chi connectivity index (χ0n) is 21.8. The van der Waals surface area contributed by atoms with Gasteiger partial charge in [0.15, 0.2) is 0 Å². The minimum Gasteiger partial charge on any atom is -0.414 e. The van der Waals surface area contributed by atoms with E-state index < -0.39 is 10.9 Å². The van der Waals surface area contributed by atoms with Crippen molar-refractivity contribution in [2.24, 2.45) is 11.5 Å². The van der Waals surface area contributed by atoms with E-state index in [4.69, 9.17) is 32.7 Å². The largest absolute Gasteiger partial charge is 0.414 e. The van der Waals surface area contributed by atoms with Gasteiger partial charge in [0.05, 0.1) is 0 Å². The number of allylic oxidation sites excluding steroid dienone is 1. The molecule has 0 amide bonds. The summed E-state index contributed by atoms with van der Waals surface area (Å²) in [6.07, 6.45) is 1.78. The summed E-state index contributed by atoms with van der Waals surface area (Å²) >= 11 is 10.9. The number of carbonyl (C=O) groups excluding carboxylic acids is 2. The minimum atomic E-state index is -0.861. The quantitative estimate of drug-likeness (QED) is 0.238. The molecule has 196 valence electrons. The molecule has 4 N–H and O–H groups in total. The van der Waals surface area contributed by atoms with Crippen LogP contribution in [0, 0.1) is 0 Å². The third-order valence-electron chi connectivity index (χ3n) is 6.36. The summed E-state index contributed by atoms with van der Waals surface area (Å²) in [5, 5.41) is 0. The average molecular weight is 536 g/mol. The van der Waals surface area contributed by atoms with Gasteiger partial charge in [-0.2, -0.15) is 0 Å². The van der Waals surface area contributed by atoms with Crippen molar-refractivity contribution in [3.63, 3.8) is 0 Å². The second-order valence-corrected chi connectivity index (χ2v) is 11.4. The fraction of sp³-hybridized carbons (Fsp3) is 0.429. The van der Waals surface area contributed by atoms with Crippen LogP contribution in [0.25, 0.3) is 0 Å². The molecule has 8 heteroatoms. The SMILES string of the molecule is C=C(C)C.CC1(C)CC2(CC(C)(C)c3ccc(OC(=O)Cl)cc32)c2cc(OC(=O)Cl)ccc21.NCN. The van der Waals surface area contributed by atoms with E-state index in [1.54, 1.807) is 12.1 Å². The highest BCUT2D eigenvalue weighted by molar-refractivity contribution is 6.61. The summed E-state index contributed by atoms with van der Waals surface area (Å²) in [4.78, 5) is 22.6. The average Bonchev–Trinajstić information content (AvgIpc) is 3.07. The van der Waals surface area contributed by atoms with E-state index in [0.717, 1.165) is 24.0 Å². The molecule has 1 spiro atoms. The second-order valence-electron chi connectivity index (χ2n) is 10.7. The van der Waals surface area contributed by atoms with E-state index in [0.29, 0.717) is 11.5 Å². The van der Waals surface area contributed by atoms with E-state index >= 15 is 0 Å². The van der Waals surface area contributed by atoms with Gasteiger partial charge in [-0.15, -0.1) is 6.58 Å². The number of benzene rings is 2. The van der Waals surface area contributed by atoms with Crippen molar-refractivity contribution in [3.8, 4) is 11.5 Å². The van der Waals surface area contributed by atoms with Crippen LogP contribution in [0.2, 0.25) is 0 Å². The third-order valence-corrected chi connectivity index (χ3v) is 6.51. The molecule has 6 nitrogen and oxygen atoms in total. The zero-order valence-corrected chi connectivity index (χ0v) is 23.3. The molecule has 0 atom stereocenters. The van der Waals surface area contributed by atoms with Crippen molar-refractivity contribution in [2.45, 2.75) is 70.6 Å². The Morgan fingerprint density at radius 2 is 1.11 bits per heavy atom. The molecular formula is C28H36Cl2N2O4. The molecular weight excluding hydrogens is 499 g/mol. The standard InChI is InChI=1S/C23H22Cl2O4.C4H8.CH6N2/c1-21(2)11-23(17-9-13(28-19(24)26)5-7-15(17)21)12-22(3,4)16-8-6-14(10-18(16)23)29-20(25)27;1-4(2)3;2-1-3/h5-10H,11-12H2,1-4H3;1H2,2-3H3;1-3H2. The van der Waals surface area contributed by atoms with Crippen molar-refractivity contribution < 1.29 is 19.1 Å². The number of halogens is 2. The highest BCUT2D eigenvalue weighted by Gasteiger charge is 2.56. The predicted octanol–water partition coefficient (Wildman–Crippen LogP) is 7.25. The molecule has 0 fully saturated rings. The number of ether oxygens (including phenoxy) is 2. The van der Waals surface area contributed by atoms with Crippen LogP contribution in [0.4, 0.5) is 9.59 Å². The van der Waals surface area contributed by atoms with Crippen molar-refractivity contribution in [2.75, 3.05) is 6.67 Å². The fourth-order valence-corrected chi connectivity index (χ4v) is 5.80. The summed E-state index contributed by atoms with van der Waals surface area (Å²) < 4.78 is 10.3. The number of hydrogen-bond donors (Lipinski definition) is 2. The van der Waals surface area contributed by atoms with Gasteiger partial charge in [0.2, 0.25) is 0 Å². The van der Waals surface area contributed by atoms with Gasteiger partial charge in [-0.25, -0.2) is 9.59 Å². The van der Waals surface area contributed by atoms with Crippen molar-refractivity contribution in [1.82, 2.24) is 0 Å². The maximum atomic E-state index is 11.3. The van der Waals surface area contributed by atoms with Crippen LogP contribution in [-0.4, -0.2) is 17.5 Å². The van der Waals surface area contributed by atoms with Crippen LogP contribution in [0.5, 0.6) is 11.5 Å². The van der Waals surface area contributed by atoms with Crippen LogP contribution in [0.15, 0.2) is 48.6 Å². The maximum absolute atomic E-state index is 11.3. The molecule has 0 radical (unpaired) electrons. The molecule has 2 aromatic rings. The highest BCUT2D eigenvalue weighted by Crippen LogP contribution is 2.63. The Morgan fingerprint density at radius 3 is 1.39 bits per heavy atom. The molecule has 0 aliphatic heterocycles. The molecule has 0 bridgehead atoms. The minimum absolute atomic E-state index is 0.0737. The molecule has 2 aromatic carbocycles. The molecule has 2 aliphatic carbocycles. The Bertz CT molecular complexity index is 1070. The third kappa shape index (κ3) is 6.48. The first-order valence-corrected chi connectivity index (χ1v) is 12.4. The second kappa shape index (κ2) is 11.3. The molecule has 0 saturated carbocycles. The van der Waals surface area contributed by atoms with Crippen LogP contribution >= 0.6 is 23.2 Å². The lowest BCUT2D eigenvalue weighted by Crippen LogP contribution is -2.27.